The lowest BCUT2D eigenvalue weighted by molar-refractivity contribution is 0.0751. The molecular formula is C17H20FN5O2S. The fourth-order valence-electron chi connectivity index (χ4n) is 3.42. The van der Waals surface area contributed by atoms with E-state index < -0.39 is 11.9 Å². The molecule has 4 N–H and O–H groups in total. The van der Waals surface area contributed by atoms with E-state index in [1.807, 2.05) is 13.0 Å². The van der Waals surface area contributed by atoms with E-state index in [1.165, 1.54) is 11.5 Å². The normalized spacial score (nSPS) is 25.1. The molecule has 0 aromatic carbocycles. The smallest absolute Gasteiger partial charge is 0.254 e. The predicted octanol–water partition coefficient (Wildman–Crippen LogP) is 1.99. The third kappa shape index (κ3) is 2.85. The van der Waals surface area contributed by atoms with E-state index in [0.29, 0.717) is 36.5 Å². The molecule has 0 saturated carbocycles. The minimum absolute atomic E-state index is 0.121. The molecule has 0 bridgehead atoms. The molecule has 2 aromatic rings. The highest BCUT2D eigenvalue weighted by atomic mass is 32.1. The van der Waals surface area contributed by atoms with Gasteiger partial charge in [-0.25, -0.2) is 9.37 Å². The van der Waals surface area contributed by atoms with Gasteiger partial charge in [-0.05, 0) is 37.9 Å². The van der Waals surface area contributed by atoms with Crippen LogP contribution in [0, 0.1) is 12.7 Å². The van der Waals surface area contributed by atoms with Gasteiger partial charge in [-0.2, -0.15) is 4.37 Å². The van der Waals surface area contributed by atoms with Gasteiger partial charge in [-0.3, -0.25) is 4.79 Å². The van der Waals surface area contributed by atoms with E-state index >= 15 is 4.39 Å². The maximum absolute atomic E-state index is 15.2. The average Bonchev–Trinajstić information content (AvgIpc) is 3.16. The Morgan fingerprint density at radius 3 is 3.00 bits per heavy atom. The van der Waals surface area contributed by atoms with Crippen molar-refractivity contribution in [3.05, 3.63) is 28.7 Å². The maximum Gasteiger partial charge on any atom is 0.254 e. The van der Waals surface area contributed by atoms with Gasteiger partial charge in [-0.1, -0.05) is 0 Å². The number of fused-ring (bicyclic) bond motifs is 1. The first-order valence-electron chi connectivity index (χ1n) is 8.53. The second-order valence-corrected chi connectivity index (χ2v) is 7.52. The number of rotatable bonds is 3. The Balaban J connectivity index is 1.82. The summed E-state index contributed by atoms with van der Waals surface area (Å²) in [6.45, 7) is 4.61. The van der Waals surface area contributed by atoms with Gasteiger partial charge in [-0.15, -0.1) is 0 Å². The standard InChI is InChI=1S/C17H20FN5O2S/c1-7-5-11(26-23-7)15-13-12(8(2)20-17(13)24)14(18)16(22-15)21-10-3-4-25-6-9(10)19/h5,8-10H,3-4,6,19H2,1-2H3,(H,20,24)(H,21,22)/t8-,9-,10+/m0/s1. The Bertz CT molecular complexity index is 871. The maximum atomic E-state index is 15.2. The summed E-state index contributed by atoms with van der Waals surface area (Å²) in [6.07, 6.45) is 0.668. The lowest BCUT2D eigenvalue weighted by atomic mass is 10.0. The van der Waals surface area contributed by atoms with Gasteiger partial charge in [0.05, 0.1) is 34.5 Å². The summed E-state index contributed by atoms with van der Waals surface area (Å²) in [5.74, 6) is -0.695. The van der Waals surface area contributed by atoms with E-state index in [-0.39, 0.29) is 23.8 Å². The first kappa shape index (κ1) is 17.3. The number of pyridine rings is 1. The highest BCUT2D eigenvalue weighted by molar-refractivity contribution is 7.09. The molecule has 0 spiro atoms. The number of ether oxygens (including phenoxy) is 1. The van der Waals surface area contributed by atoms with Crippen molar-refractivity contribution in [1.82, 2.24) is 14.7 Å². The van der Waals surface area contributed by atoms with Crippen molar-refractivity contribution in [3.8, 4) is 10.6 Å². The summed E-state index contributed by atoms with van der Waals surface area (Å²) in [7, 11) is 0. The van der Waals surface area contributed by atoms with Crippen molar-refractivity contribution >= 4 is 23.3 Å². The summed E-state index contributed by atoms with van der Waals surface area (Å²) >= 11 is 1.25. The molecule has 2 aliphatic rings. The van der Waals surface area contributed by atoms with Crippen molar-refractivity contribution in [2.45, 2.75) is 38.4 Å². The molecule has 1 saturated heterocycles. The molecule has 0 aliphatic carbocycles. The summed E-state index contributed by atoms with van der Waals surface area (Å²) < 4.78 is 24.8. The molecule has 4 rings (SSSR count). The van der Waals surface area contributed by atoms with Gasteiger partial charge in [0.1, 0.15) is 0 Å². The Morgan fingerprint density at radius 2 is 2.31 bits per heavy atom. The van der Waals surface area contributed by atoms with Gasteiger partial charge in [0.2, 0.25) is 0 Å². The highest BCUT2D eigenvalue weighted by Gasteiger charge is 2.36. The molecule has 2 aliphatic heterocycles. The van der Waals surface area contributed by atoms with Crippen molar-refractivity contribution in [2.75, 3.05) is 18.5 Å². The van der Waals surface area contributed by atoms with Crippen molar-refractivity contribution in [3.63, 3.8) is 0 Å². The van der Waals surface area contributed by atoms with E-state index in [2.05, 4.69) is 20.0 Å². The third-order valence-corrected chi connectivity index (χ3v) is 5.65. The number of amides is 1. The summed E-state index contributed by atoms with van der Waals surface area (Å²) in [6, 6.07) is 1.05. The number of aromatic nitrogens is 2. The number of hydrogen-bond acceptors (Lipinski definition) is 7. The van der Waals surface area contributed by atoms with Crippen LogP contribution in [-0.2, 0) is 4.74 Å². The predicted molar refractivity (Wildman–Crippen MR) is 96.7 cm³/mol. The Labute approximate surface area is 154 Å². The van der Waals surface area contributed by atoms with Crippen LogP contribution in [-0.4, -0.2) is 40.6 Å². The zero-order valence-electron chi connectivity index (χ0n) is 14.5. The minimum atomic E-state index is -0.505. The van der Waals surface area contributed by atoms with Crippen molar-refractivity contribution in [2.24, 2.45) is 5.73 Å². The number of nitrogens with one attached hydrogen (secondary N) is 2. The van der Waals surface area contributed by atoms with Crippen LogP contribution in [0.5, 0.6) is 0 Å². The number of nitrogens with zero attached hydrogens (tertiary/aromatic N) is 2. The molecule has 1 fully saturated rings. The van der Waals surface area contributed by atoms with Crippen LogP contribution in [0.4, 0.5) is 10.2 Å². The highest BCUT2D eigenvalue weighted by Crippen LogP contribution is 2.38. The van der Waals surface area contributed by atoms with Gasteiger partial charge in [0.25, 0.3) is 5.91 Å². The van der Waals surface area contributed by atoms with E-state index in [0.717, 1.165) is 10.6 Å². The second kappa shape index (κ2) is 6.57. The molecule has 9 heteroatoms. The van der Waals surface area contributed by atoms with Gasteiger partial charge >= 0.3 is 0 Å². The van der Waals surface area contributed by atoms with Crippen LogP contribution in [0.2, 0.25) is 0 Å². The number of anilines is 1. The van der Waals surface area contributed by atoms with Crippen LogP contribution < -0.4 is 16.4 Å². The zero-order valence-corrected chi connectivity index (χ0v) is 15.3. The number of halogens is 1. The van der Waals surface area contributed by atoms with Crippen molar-refractivity contribution in [1.29, 1.82) is 0 Å². The van der Waals surface area contributed by atoms with E-state index in [9.17, 15) is 4.79 Å². The first-order chi connectivity index (χ1) is 12.5. The molecule has 138 valence electrons. The molecular weight excluding hydrogens is 357 g/mol. The molecule has 2 aromatic heterocycles. The largest absolute Gasteiger partial charge is 0.380 e. The molecule has 0 unspecified atom stereocenters. The molecule has 7 nitrogen and oxygen atoms in total. The van der Waals surface area contributed by atoms with Gasteiger partial charge < -0.3 is 21.1 Å². The van der Waals surface area contributed by atoms with Crippen LogP contribution >= 0.6 is 11.5 Å². The number of hydrogen-bond donors (Lipinski definition) is 3. The first-order valence-corrected chi connectivity index (χ1v) is 9.31. The summed E-state index contributed by atoms with van der Waals surface area (Å²) in [5, 5.41) is 5.91. The SMILES string of the molecule is Cc1cc(-c2nc(N[C@@H]3CCOC[C@@H]3N)c(F)c3c2C(=O)N[C@H]3C)sn1. The quantitative estimate of drug-likeness (QED) is 0.756. The summed E-state index contributed by atoms with van der Waals surface area (Å²) in [5.41, 5.74) is 8.00. The molecule has 1 amide bonds. The molecule has 3 atom stereocenters. The van der Waals surface area contributed by atoms with Crippen LogP contribution in [0.1, 0.15) is 41.0 Å². The van der Waals surface area contributed by atoms with Crippen molar-refractivity contribution < 1.29 is 13.9 Å². The number of aryl methyl sites for hydroxylation is 1. The topological polar surface area (TPSA) is 102 Å². The third-order valence-electron chi connectivity index (χ3n) is 4.77. The van der Waals surface area contributed by atoms with E-state index in [1.54, 1.807) is 6.92 Å². The number of nitrogens with two attached hydrogens (primary N) is 1. The monoisotopic (exact) mass is 377 g/mol. The average molecular weight is 377 g/mol. The fraction of sp³-hybridized carbons (Fsp3) is 0.471. The Kier molecular flexibility index (Phi) is 4.37. The van der Waals surface area contributed by atoms with Gasteiger partial charge in [0.15, 0.2) is 11.6 Å². The lowest BCUT2D eigenvalue weighted by Crippen LogP contribution is -2.48. The van der Waals surface area contributed by atoms with E-state index in [4.69, 9.17) is 10.5 Å². The summed E-state index contributed by atoms with van der Waals surface area (Å²) in [4.78, 5) is 17.6. The van der Waals surface area contributed by atoms with Crippen LogP contribution in [0.15, 0.2) is 6.07 Å². The molecule has 26 heavy (non-hydrogen) atoms. The Hall–Kier alpha value is -2.10. The Morgan fingerprint density at radius 1 is 1.50 bits per heavy atom. The second-order valence-electron chi connectivity index (χ2n) is 6.72. The lowest BCUT2D eigenvalue weighted by Gasteiger charge is -2.30. The van der Waals surface area contributed by atoms with Crippen LogP contribution in [0.25, 0.3) is 10.6 Å². The van der Waals surface area contributed by atoms with Gasteiger partial charge in [0, 0.05) is 24.3 Å². The number of carbonyl (C=O) groups excluding carboxylic acids is 1. The van der Waals surface area contributed by atoms with Crippen LogP contribution in [0.3, 0.4) is 0 Å². The molecule has 0 radical (unpaired) electrons. The fourth-order valence-corrected chi connectivity index (χ4v) is 4.18. The molecule has 4 heterocycles. The zero-order chi connectivity index (χ0) is 18.4. The number of carbonyl (C=O) groups is 1. The minimum Gasteiger partial charge on any atom is -0.380 e.